The molecule has 3 bridgehead atoms. The molecule has 0 spiro atoms. The fraction of sp³-hybridized carbons (Fsp3) is 0.795. The molecule has 0 aromatic rings. The van der Waals surface area contributed by atoms with Crippen LogP contribution in [0.2, 0.25) is 0 Å². The normalized spacial score (nSPS) is 39.5. The van der Waals surface area contributed by atoms with Gasteiger partial charge in [0.1, 0.15) is 29.5 Å². The minimum atomic E-state index is -2.28. The van der Waals surface area contributed by atoms with Crippen molar-refractivity contribution in [3.05, 3.63) is 11.1 Å². The Labute approximate surface area is 320 Å². The molecule has 0 unspecified atom stereocenters. The van der Waals surface area contributed by atoms with E-state index in [0.29, 0.717) is 25.7 Å². The van der Waals surface area contributed by atoms with Crippen LogP contribution in [0.25, 0.3) is 0 Å². The molecule has 0 aromatic heterocycles. The van der Waals surface area contributed by atoms with Crippen molar-refractivity contribution in [1.29, 1.82) is 0 Å². The average molecular weight is 780 g/mol. The first-order valence-electron chi connectivity index (χ1n) is 19.1. The van der Waals surface area contributed by atoms with E-state index in [9.17, 15) is 39.3 Å². The SMILES string of the molecule is CC(=O)O[C@H]1C(=O)[C@@]2(C)[C@H]([C@@H]3OC(=O)CCCCCC[C@H](NC(=O)OC(C)(C)C)[C@@H](O)C(=O)O[C@H]4C[C@]3(O)C(C)(C)C1=C4C)[C@]1(OC(C)=O)CO[C@@H]1C[C@@H]2O. The number of ketones is 1. The van der Waals surface area contributed by atoms with Gasteiger partial charge in [0, 0.05) is 38.5 Å². The molecular weight excluding hydrogens is 722 g/mol. The lowest BCUT2D eigenvalue weighted by Crippen LogP contribution is -2.82. The minimum absolute atomic E-state index is 0.0414. The number of amides is 1. The smallest absolute Gasteiger partial charge is 0.407 e. The molecule has 2 saturated carbocycles. The number of rotatable bonds is 3. The largest absolute Gasteiger partial charge is 0.459 e. The van der Waals surface area contributed by atoms with Gasteiger partial charge in [0.05, 0.1) is 30.1 Å². The number of esters is 4. The molecule has 2 aliphatic heterocycles. The molecule has 55 heavy (non-hydrogen) atoms. The third kappa shape index (κ3) is 7.51. The van der Waals surface area contributed by atoms with Crippen LogP contribution in [0.3, 0.4) is 0 Å². The monoisotopic (exact) mass is 779 g/mol. The summed E-state index contributed by atoms with van der Waals surface area (Å²) < 4.78 is 35.3. The van der Waals surface area contributed by atoms with Gasteiger partial charge in [-0.3, -0.25) is 19.2 Å². The standard InChI is InChI=1S/C39H57NO15/c1-19-23-17-39(49)32(53-26(44)15-13-11-10-12-14-22(28(45)33(47)52-23)40-34(48)55-35(4,5)6)30-37(9,24(43)16-25-38(30,18-50-25)54-21(3)42)31(46)29(51-20(2)41)27(19)36(39,7)8/h22-25,28-30,32,43,45,49H,10-18H2,1-9H3,(H,40,48)/t22-,23-,24-,25+,28+,29+,30-,32-,37+,38-,39+/m0/s1. The summed E-state index contributed by atoms with van der Waals surface area (Å²) in [6.07, 6.45) is -8.86. The zero-order valence-corrected chi connectivity index (χ0v) is 33.2. The van der Waals surface area contributed by atoms with Crippen molar-refractivity contribution in [2.45, 2.75) is 173 Å². The van der Waals surface area contributed by atoms with Crippen molar-refractivity contribution >= 4 is 35.8 Å². The molecule has 5 aliphatic rings. The Morgan fingerprint density at radius 3 is 2.18 bits per heavy atom. The summed E-state index contributed by atoms with van der Waals surface area (Å²) in [6, 6.07) is -1.14. The summed E-state index contributed by atoms with van der Waals surface area (Å²) >= 11 is 0. The second kappa shape index (κ2) is 15.1. The van der Waals surface area contributed by atoms with Gasteiger partial charge in [0.25, 0.3) is 0 Å². The fourth-order valence-electron chi connectivity index (χ4n) is 9.59. The Bertz CT molecular complexity index is 1620. The lowest BCUT2D eigenvalue weighted by atomic mass is 9.44. The van der Waals surface area contributed by atoms with Gasteiger partial charge in [0.2, 0.25) is 0 Å². The highest BCUT2D eigenvalue weighted by molar-refractivity contribution is 5.95. The molecule has 16 nitrogen and oxygen atoms in total. The number of carbonyl (C=O) groups is 6. The predicted octanol–water partition coefficient (Wildman–Crippen LogP) is 2.50. The number of ether oxygens (including phenoxy) is 6. The first-order chi connectivity index (χ1) is 25.4. The van der Waals surface area contributed by atoms with Crippen molar-refractivity contribution in [3.63, 3.8) is 0 Å². The van der Waals surface area contributed by atoms with Gasteiger partial charge in [0.15, 0.2) is 23.6 Å². The molecule has 16 heteroatoms. The topological polar surface area (TPSA) is 231 Å². The fourth-order valence-corrected chi connectivity index (χ4v) is 9.59. The summed E-state index contributed by atoms with van der Waals surface area (Å²) in [5.41, 5.74) is -8.16. The molecule has 5 rings (SSSR count). The molecule has 1 amide bonds. The second-order valence-electron chi connectivity index (χ2n) is 17.6. The highest BCUT2D eigenvalue weighted by atomic mass is 16.6. The van der Waals surface area contributed by atoms with E-state index in [4.69, 9.17) is 28.4 Å². The quantitative estimate of drug-likeness (QED) is 0.183. The number of fused-ring (bicyclic) bond motifs is 6. The Hall–Kier alpha value is -3.60. The van der Waals surface area contributed by atoms with Crippen LogP contribution >= 0.6 is 0 Å². The lowest BCUT2D eigenvalue weighted by molar-refractivity contribution is -0.347. The highest BCUT2D eigenvalue weighted by Crippen LogP contribution is 2.64. The van der Waals surface area contributed by atoms with Crippen LogP contribution in [0.4, 0.5) is 4.79 Å². The lowest BCUT2D eigenvalue weighted by Gasteiger charge is -2.67. The van der Waals surface area contributed by atoms with Gasteiger partial charge in [-0.05, 0) is 58.6 Å². The zero-order valence-electron chi connectivity index (χ0n) is 33.2. The molecule has 4 fully saturated rings. The maximum Gasteiger partial charge on any atom is 0.407 e. The minimum Gasteiger partial charge on any atom is -0.459 e. The van der Waals surface area contributed by atoms with Crippen molar-refractivity contribution in [3.8, 4) is 0 Å². The van der Waals surface area contributed by atoms with Gasteiger partial charge >= 0.3 is 30.0 Å². The number of aliphatic hydroxyl groups excluding tert-OH is 2. The van der Waals surface area contributed by atoms with E-state index in [2.05, 4.69) is 5.32 Å². The van der Waals surface area contributed by atoms with Gasteiger partial charge in [-0.25, -0.2) is 9.59 Å². The van der Waals surface area contributed by atoms with E-state index in [1.54, 1.807) is 34.6 Å². The molecular formula is C39H57NO15. The molecule has 2 heterocycles. The van der Waals surface area contributed by atoms with Crippen molar-refractivity contribution < 1.29 is 72.5 Å². The molecule has 0 radical (unpaired) electrons. The molecule has 3 aliphatic carbocycles. The molecule has 308 valence electrons. The molecule has 4 N–H and O–H groups in total. The van der Waals surface area contributed by atoms with Crippen molar-refractivity contribution in [2.75, 3.05) is 6.61 Å². The maximum atomic E-state index is 15.2. The zero-order chi connectivity index (χ0) is 41.1. The van der Waals surface area contributed by atoms with Gasteiger partial charge in [-0.15, -0.1) is 0 Å². The number of carbonyl (C=O) groups excluding carboxylic acids is 6. The maximum absolute atomic E-state index is 15.2. The summed E-state index contributed by atoms with van der Waals surface area (Å²) in [6.45, 7) is 13.1. The van der Waals surface area contributed by atoms with Crippen molar-refractivity contribution in [1.82, 2.24) is 5.32 Å². The average Bonchev–Trinajstić information content (AvgIpc) is 3.05. The van der Waals surface area contributed by atoms with Gasteiger partial charge < -0.3 is 49.1 Å². The van der Waals surface area contributed by atoms with E-state index in [-0.39, 0.29) is 37.0 Å². The highest BCUT2D eigenvalue weighted by Gasteiger charge is 2.78. The predicted molar refractivity (Wildman–Crippen MR) is 190 cm³/mol. The van der Waals surface area contributed by atoms with E-state index < -0.39 is 118 Å². The van der Waals surface area contributed by atoms with E-state index in [1.807, 2.05) is 0 Å². The van der Waals surface area contributed by atoms with E-state index in [0.717, 1.165) is 6.92 Å². The van der Waals surface area contributed by atoms with Gasteiger partial charge in [-0.1, -0.05) is 33.1 Å². The number of hydrogen-bond acceptors (Lipinski definition) is 15. The first kappa shape index (κ1) is 42.5. The van der Waals surface area contributed by atoms with Crippen LogP contribution in [0.15, 0.2) is 11.1 Å². The molecule has 2 saturated heterocycles. The van der Waals surface area contributed by atoms with Crippen LogP contribution in [0, 0.1) is 16.7 Å². The van der Waals surface area contributed by atoms with E-state index in [1.165, 1.54) is 20.8 Å². The van der Waals surface area contributed by atoms with Crippen molar-refractivity contribution in [2.24, 2.45) is 16.7 Å². The van der Waals surface area contributed by atoms with Crippen LogP contribution in [-0.4, -0.2) is 117 Å². The summed E-state index contributed by atoms with van der Waals surface area (Å²) in [4.78, 5) is 81.5. The molecule has 0 aromatic carbocycles. The van der Waals surface area contributed by atoms with Crippen LogP contribution < -0.4 is 5.32 Å². The number of aliphatic hydroxyl groups is 3. The first-order valence-corrected chi connectivity index (χ1v) is 19.1. The Kier molecular flexibility index (Phi) is 11.6. The Balaban J connectivity index is 1.73. The second-order valence-corrected chi connectivity index (χ2v) is 17.6. The third-order valence-electron chi connectivity index (χ3n) is 12.4. The van der Waals surface area contributed by atoms with Crippen LogP contribution in [0.5, 0.6) is 0 Å². The number of hydrogen-bond donors (Lipinski definition) is 4. The summed E-state index contributed by atoms with van der Waals surface area (Å²) in [5.74, 6) is -5.80. The van der Waals surface area contributed by atoms with Crippen LogP contribution in [-0.2, 0) is 52.4 Å². The number of Topliss-reactive ketones (excluding diaryl/α,β-unsaturated/α-hetero) is 1. The van der Waals surface area contributed by atoms with E-state index >= 15 is 4.79 Å². The molecule has 11 atom stereocenters. The summed E-state index contributed by atoms with van der Waals surface area (Å²) in [7, 11) is 0. The van der Waals surface area contributed by atoms with Crippen LogP contribution in [0.1, 0.15) is 114 Å². The Morgan fingerprint density at radius 2 is 1.60 bits per heavy atom. The summed E-state index contributed by atoms with van der Waals surface area (Å²) in [5, 5.41) is 39.3. The van der Waals surface area contributed by atoms with Gasteiger partial charge in [-0.2, -0.15) is 0 Å². The number of nitrogens with one attached hydrogen (secondary N) is 1. The third-order valence-corrected chi connectivity index (χ3v) is 12.4. The Morgan fingerprint density at radius 1 is 0.945 bits per heavy atom. The number of alkyl carbamates (subject to hydrolysis) is 1.